The number of aromatic nitrogens is 1. The molecular formula is C20H26ClN5O2. The number of likely N-dealkylation sites (N-methyl/N-ethyl adjacent to an activating group) is 1. The van der Waals surface area contributed by atoms with E-state index in [1.807, 2.05) is 19.3 Å². The van der Waals surface area contributed by atoms with Crippen molar-refractivity contribution in [2.24, 2.45) is 7.05 Å². The van der Waals surface area contributed by atoms with Crippen molar-refractivity contribution in [1.29, 1.82) is 0 Å². The summed E-state index contributed by atoms with van der Waals surface area (Å²) >= 11 is 5.92. The lowest BCUT2D eigenvalue weighted by Crippen LogP contribution is -2.49. The van der Waals surface area contributed by atoms with Gasteiger partial charge in [0, 0.05) is 62.4 Å². The normalized spacial score (nSPS) is 16.5. The highest BCUT2D eigenvalue weighted by Crippen LogP contribution is 2.21. The predicted molar refractivity (Wildman–Crippen MR) is 110 cm³/mol. The third kappa shape index (κ3) is 5.13. The Kier molecular flexibility index (Phi) is 6.72. The van der Waals surface area contributed by atoms with E-state index < -0.39 is 11.8 Å². The van der Waals surface area contributed by atoms with Crippen LogP contribution in [0.5, 0.6) is 0 Å². The lowest BCUT2D eigenvalue weighted by molar-refractivity contribution is -0.136. The highest BCUT2D eigenvalue weighted by atomic mass is 35.5. The van der Waals surface area contributed by atoms with E-state index in [0.717, 1.165) is 31.9 Å². The number of amides is 2. The molecule has 2 aromatic rings. The second kappa shape index (κ2) is 9.23. The highest BCUT2D eigenvalue weighted by Gasteiger charge is 2.26. The number of halogens is 1. The monoisotopic (exact) mass is 403 g/mol. The molecule has 7 nitrogen and oxygen atoms in total. The SMILES string of the molecule is CN1CCN(C(CNC(=O)C(=O)Nc2cccc(Cl)c2)c2cccn2C)CC1. The first kappa shape index (κ1) is 20.4. The van der Waals surface area contributed by atoms with Gasteiger partial charge in [0.25, 0.3) is 0 Å². The summed E-state index contributed by atoms with van der Waals surface area (Å²) in [6.07, 6.45) is 1.99. The molecular weight excluding hydrogens is 378 g/mol. The molecule has 0 radical (unpaired) electrons. The van der Waals surface area contributed by atoms with Crippen molar-refractivity contribution < 1.29 is 9.59 Å². The number of anilines is 1. The fourth-order valence-corrected chi connectivity index (χ4v) is 3.59. The molecule has 1 aliphatic heterocycles. The lowest BCUT2D eigenvalue weighted by atomic mass is 10.1. The number of hydrogen-bond acceptors (Lipinski definition) is 4. The van der Waals surface area contributed by atoms with E-state index in [0.29, 0.717) is 17.3 Å². The van der Waals surface area contributed by atoms with Crippen LogP contribution in [0, 0.1) is 0 Å². The Morgan fingerprint density at radius 1 is 1.07 bits per heavy atom. The third-order valence-corrected chi connectivity index (χ3v) is 5.28. The molecule has 0 saturated carbocycles. The Bertz CT molecular complexity index is 830. The summed E-state index contributed by atoms with van der Waals surface area (Å²) in [6.45, 7) is 4.14. The topological polar surface area (TPSA) is 69.6 Å². The van der Waals surface area contributed by atoms with E-state index in [-0.39, 0.29) is 6.04 Å². The summed E-state index contributed by atoms with van der Waals surface area (Å²) in [5, 5.41) is 5.86. The number of carbonyl (C=O) groups is 2. The van der Waals surface area contributed by atoms with Crippen molar-refractivity contribution in [1.82, 2.24) is 19.7 Å². The minimum absolute atomic E-state index is 0.0108. The minimum atomic E-state index is -0.703. The van der Waals surface area contributed by atoms with Gasteiger partial charge < -0.3 is 20.1 Å². The van der Waals surface area contributed by atoms with Crippen LogP contribution >= 0.6 is 11.6 Å². The van der Waals surface area contributed by atoms with E-state index in [1.54, 1.807) is 24.3 Å². The summed E-state index contributed by atoms with van der Waals surface area (Å²) in [5.74, 6) is -1.36. The summed E-state index contributed by atoms with van der Waals surface area (Å²) in [5.41, 5.74) is 1.60. The molecule has 150 valence electrons. The Morgan fingerprint density at radius 2 is 1.82 bits per heavy atom. The van der Waals surface area contributed by atoms with Crippen LogP contribution in [0.2, 0.25) is 5.02 Å². The largest absolute Gasteiger partial charge is 0.353 e. The first-order valence-corrected chi connectivity index (χ1v) is 9.70. The molecule has 1 atom stereocenters. The molecule has 3 rings (SSSR count). The Hall–Kier alpha value is -2.35. The fourth-order valence-electron chi connectivity index (χ4n) is 3.40. The van der Waals surface area contributed by atoms with E-state index in [2.05, 4.69) is 38.1 Å². The highest BCUT2D eigenvalue weighted by molar-refractivity contribution is 6.39. The summed E-state index contributed by atoms with van der Waals surface area (Å²) in [4.78, 5) is 29.2. The fraction of sp³-hybridized carbons (Fsp3) is 0.400. The second-order valence-corrected chi connectivity index (χ2v) is 7.51. The van der Waals surface area contributed by atoms with Gasteiger partial charge in [0.1, 0.15) is 0 Å². The number of carbonyl (C=O) groups excluding carboxylic acids is 2. The average molecular weight is 404 g/mol. The van der Waals surface area contributed by atoms with Crippen LogP contribution in [-0.2, 0) is 16.6 Å². The van der Waals surface area contributed by atoms with Crippen molar-refractivity contribution in [3.05, 3.63) is 53.3 Å². The van der Waals surface area contributed by atoms with Gasteiger partial charge in [-0.25, -0.2) is 0 Å². The van der Waals surface area contributed by atoms with Crippen LogP contribution in [0.3, 0.4) is 0 Å². The molecule has 0 aliphatic carbocycles. The van der Waals surface area contributed by atoms with Gasteiger partial charge in [-0.2, -0.15) is 0 Å². The van der Waals surface area contributed by atoms with E-state index in [4.69, 9.17) is 11.6 Å². The van der Waals surface area contributed by atoms with Crippen LogP contribution in [0.15, 0.2) is 42.6 Å². The van der Waals surface area contributed by atoms with Crippen LogP contribution in [0.25, 0.3) is 0 Å². The molecule has 1 aromatic carbocycles. The van der Waals surface area contributed by atoms with Gasteiger partial charge in [-0.1, -0.05) is 17.7 Å². The molecule has 8 heteroatoms. The number of nitrogens with zero attached hydrogens (tertiary/aromatic N) is 3. The Labute approximate surface area is 170 Å². The Morgan fingerprint density at radius 3 is 2.46 bits per heavy atom. The van der Waals surface area contributed by atoms with Crippen molar-refractivity contribution in [3.63, 3.8) is 0 Å². The van der Waals surface area contributed by atoms with Crippen molar-refractivity contribution in [3.8, 4) is 0 Å². The number of rotatable bonds is 5. The van der Waals surface area contributed by atoms with E-state index in [1.165, 1.54) is 0 Å². The van der Waals surface area contributed by atoms with Crippen molar-refractivity contribution >= 4 is 29.1 Å². The van der Waals surface area contributed by atoms with Gasteiger partial charge >= 0.3 is 11.8 Å². The van der Waals surface area contributed by atoms with Gasteiger partial charge in [-0.05, 0) is 37.4 Å². The molecule has 0 bridgehead atoms. The minimum Gasteiger partial charge on any atom is -0.353 e. The maximum Gasteiger partial charge on any atom is 0.313 e. The number of benzene rings is 1. The lowest BCUT2D eigenvalue weighted by Gasteiger charge is -2.38. The molecule has 1 fully saturated rings. The molecule has 1 aliphatic rings. The van der Waals surface area contributed by atoms with Crippen LogP contribution in [0.4, 0.5) is 5.69 Å². The zero-order valence-electron chi connectivity index (χ0n) is 16.2. The average Bonchev–Trinajstić information content (AvgIpc) is 3.09. The zero-order valence-corrected chi connectivity index (χ0v) is 16.9. The second-order valence-electron chi connectivity index (χ2n) is 7.07. The number of piperazine rings is 1. The molecule has 28 heavy (non-hydrogen) atoms. The zero-order chi connectivity index (χ0) is 20.1. The predicted octanol–water partition coefficient (Wildman–Crippen LogP) is 1.72. The van der Waals surface area contributed by atoms with Gasteiger partial charge in [-0.15, -0.1) is 0 Å². The smallest absolute Gasteiger partial charge is 0.313 e. The molecule has 2 heterocycles. The maximum absolute atomic E-state index is 12.3. The van der Waals surface area contributed by atoms with Crippen LogP contribution in [0.1, 0.15) is 11.7 Å². The van der Waals surface area contributed by atoms with Gasteiger partial charge in [0.2, 0.25) is 0 Å². The van der Waals surface area contributed by atoms with Crippen molar-refractivity contribution in [2.75, 3.05) is 45.1 Å². The standard InChI is InChI=1S/C20H26ClN5O2/c1-24-9-11-26(12-10-24)18(17-7-4-8-25(17)2)14-22-19(27)20(28)23-16-6-3-5-15(21)13-16/h3-8,13,18H,9-12,14H2,1-2H3,(H,22,27)(H,23,28). The first-order valence-electron chi connectivity index (χ1n) is 9.32. The first-order chi connectivity index (χ1) is 13.4. The van der Waals surface area contributed by atoms with Crippen molar-refractivity contribution in [2.45, 2.75) is 6.04 Å². The summed E-state index contributed by atoms with van der Waals surface area (Å²) < 4.78 is 2.06. The molecule has 1 saturated heterocycles. The summed E-state index contributed by atoms with van der Waals surface area (Å²) in [6, 6.07) is 10.8. The van der Waals surface area contributed by atoms with E-state index >= 15 is 0 Å². The van der Waals surface area contributed by atoms with Gasteiger partial charge in [0.15, 0.2) is 0 Å². The van der Waals surface area contributed by atoms with Crippen LogP contribution < -0.4 is 10.6 Å². The molecule has 1 aromatic heterocycles. The molecule has 2 amide bonds. The van der Waals surface area contributed by atoms with E-state index in [9.17, 15) is 9.59 Å². The molecule has 2 N–H and O–H groups in total. The third-order valence-electron chi connectivity index (χ3n) is 5.05. The van der Waals surface area contributed by atoms with Crippen LogP contribution in [-0.4, -0.2) is 66.0 Å². The number of nitrogens with one attached hydrogen (secondary N) is 2. The molecule has 0 spiro atoms. The van der Waals surface area contributed by atoms with Gasteiger partial charge in [-0.3, -0.25) is 14.5 Å². The Balaban J connectivity index is 1.63. The maximum atomic E-state index is 12.3. The number of hydrogen-bond donors (Lipinski definition) is 2. The van der Waals surface area contributed by atoms with Gasteiger partial charge in [0.05, 0.1) is 6.04 Å². The quantitative estimate of drug-likeness (QED) is 0.746. The molecule has 1 unspecified atom stereocenters. The summed E-state index contributed by atoms with van der Waals surface area (Å²) in [7, 11) is 4.10. The number of aryl methyl sites for hydroxylation is 1.